The fourth-order valence-corrected chi connectivity index (χ4v) is 2.73. The molecule has 0 saturated carbocycles. The first-order chi connectivity index (χ1) is 5.70. The van der Waals surface area contributed by atoms with Crippen molar-refractivity contribution in [3.05, 3.63) is 0 Å². The normalized spacial score (nSPS) is 37.1. The van der Waals surface area contributed by atoms with Crippen LogP contribution in [0.4, 0.5) is 0 Å². The molecule has 0 aromatic heterocycles. The second kappa shape index (κ2) is 2.73. The molecule has 2 N–H and O–H groups in total. The minimum Gasteiger partial charge on any atom is -0.368 e. The molecule has 0 aromatic carbocycles. The Balaban J connectivity index is 2.09. The highest BCUT2D eigenvalue weighted by Crippen LogP contribution is 2.38. The standard InChI is InChI=1S/C9H16N2O/c1-6(9(10)12)11-7-2-3-8(11)5-4-7/h6-8H,2-5H2,1H3,(H2,10,12). The maximum atomic E-state index is 11.0. The van der Waals surface area contributed by atoms with Crippen LogP contribution in [-0.4, -0.2) is 28.9 Å². The summed E-state index contributed by atoms with van der Waals surface area (Å²) in [7, 11) is 0. The third-order valence-corrected chi connectivity index (χ3v) is 3.37. The quantitative estimate of drug-likeness (QED) is 0.652. The molecule has 0 aliphatic carbocycles. The maximum absolute atomic E-state index is 11.0. The molecule has 68 valence electrons. The lowest BCUT2D eigenvalue weighted by Gasteiger charge is -2.26. The molecule has 0 aromatic rings. The third-order valence-electron chi connectivity index (χ3n) is 3.37. The molecule has 0 spiro atoms. The highest BCUT2D eigenvalue weighted by Gasteiger charge is 2.42. The van der Waals surface area contributed by atoms with Gasteiger partial charge in [0.1, 0.15) is 0 Å². The van der Waals surface area contributed by atoms with E-state index in [4.69, 9.17) is 5.73 Å². The number of primary amides is 1. The molecule has 0 radical (unpaired) electrons. The van der Waals surface area contributed by atoms with Gasteiger partial charge in [-0.3, -0.25) is 9.69 Å². The van der Waals surface area contributed by atoms with Gasteiger partial charge in [-0.25, -0.2) is 0 Å². The van der Waals surface area contributed by atoms with Gasteiger partial charge in [-0.2, -0.15) is 0 Å². The van der Waals surface area contributed by atoms with E-state index in [2.05, 4.69) is 4.90 Å². The van der Waals surface area contributed by atoms with E-state index in [1.54, 1.807) is 0 Å². The molecule has 2 aliphatic heterocycles. The Bertz CT molecular complexity index is 185. The molecule has 1 amide bonds. The molecule has 2 aliphatic rings. The number of nitrogens with two attached hydrogens (primary N) is 1. The second-order valence-electron chi connectivity index (χ2n) is 3.99. The van der Waals surface area contributed by atoms with Crippen LogP contribution in [0.5, 0.6) is 0 Å². The van der Waals surface area contributed by atoms with Gasteiger partial charge in [-0.1, -0.05) is 0 Å². The summed E-state index contributed by atoms with van der Waals surface area (Å²) >= 11 is 0. The lowest BCUT2D eigenvalue weighted by Crippen LogP contribution is -2.45. The molecule has 2 rings (SSSR count). The van der Waals surface area contributed by atoms with Crippen molar-refractivity contribution in [3.8, 4) is 0 Å². The smallest absolute Gasteiger partial charge is 0.234 e. The maximum Gasteiger partial charge on any atom is 0.234 e. The number of carbonyl (C=O) groups is 1. The zero-order valence-electron chi connectivity index (χ0n) is 7.49. The van der Waals surface area contributed by atoms with E-state index in [1.807, 2.05) is 6.92 Å². The van der Waals surface area contributed by atoms with Crippen molar-refractivity contribution in [2.45, 2.75) is 50.7 Å². The van der Waals surface area contributed by atoms with E-state index in [-0.39, 0.29) is 11.9 Å². The van der Waals surface area contributed by atoms with E-state index in [1.165, 1.54) is 25.7 Å². The van der Waals surface area contributed by atoms with E-state index in [0.717, 1.165) is 0 Å². The van der Waals surface area contributed by atoms with Gasteiger partial charge in [0.15, 0.2) is 0 Å². The average Bonchev–Trinajstić information content (AvgIpc) is 2.61. The molecular weight excluding hydrogens is 152 g/mol. The largest absolute Gasteiger partial charge is 0.368 e. The minimum absolute atomic E-state index is 0.0509. The number of fused-ring (bicyclic) bond motifs is 2. The van der Waals surface area contributed by atoms with Crippen molar-refractivity contribution in [2.24, 2.45) is 5.73 Å². The summed E-state index contributed by atoms with van der Waals surface area (Å²) in [6.07, 6.45) is 5.06. The molecule has 1 atom stereocenters. The summed E-state index contributed by atoms with van der Waals surface area (Å²) in [6.45, 7) is 1.93. The van der Waals surface area contributed by atoms with Crippen LogP contribution in [0.1, 0.15) is 32.6 Å². The van der Waals surface area contributed by atoms with E-state index in [9.17, 15) is 4.79 Å². The Morgan fingerprint density at radius 2 is 1.75 bits per heavy atom. The first kappa shape index (κ1) is 8.05. The molecule has 1 unspecified atom stereocenters. The van der Waals surface area contributed by atoms with Crippen LogP contribution in [0.3, 0.4) is 0 Å². The van der Waals surface area contributed by atoms with Crippen molar-refractivity contribution in [2.75, 3.05) is 0 Å². The van der Waals surface area contributed by atoms with Gasteiger partial charge in [-0.15, -0.1) is 0 Å². The van der Waals surface area contributed by atoms with Gasteiger partial charge in [0, 0.05) is 12.1 Å². The van der Waals surface area contributed by atoms with Crippen LogP contribution in [0.2, 0.25) is 0 Å². The summed E-state index contributed by atoms with van der Waals surface area (Å²) in [6, 6.07) is 1.25. The van der Waals surface area contributed by atoms with Crippen LogP contribution >= 0.6 is 0 Å². The number of hydrogen-bond donors (Lipinski definition) is 1. The SMILES string of the molecule is CC(C(N)=O)N1C2CCC1CC2. The fourth-order valence-electron chi connectivity index (χ4n) is 2.73. The summed E-state index contributed by atoms with van der Waals surface area (Å²) < 4.78 is 0. The predicted octanol–water partition coefficient (Wildman–Crippen LogP) is 0.487. The van der Waals surface area contributed by atoms with Crippen LogP contribution in [0.15, 0.2) is 0 Å². The number of nitrogens with zero attached hydrogens (tertiary/aromatic N) is 1. The van der Waals surface area contributed by atoms with Crippen molar-refractivity contribution >= 4 is 5.91 Å². The van der Waals surface area contributed by atoms with E-state index in [0.29, 0.717) is 12.1 Å². The van der Waals surface area contributed by atoms with Crippen LogP contribution in [0, 0.1) is 0 Å². The minimum atomic E-state index is -0.172. The van der Waals surface area contributed by atoms with E-state index < -0.39 is 0 Å². The van der Waals surface area contributed by atoms with Crippen molar-refractivity contribution in [1.82, 2.24) is 4.90 Å². The number of hydrogen-bond acceptors (Lipinski definition) is 2. The first-order valence-electron chi connectivity index (χ1n) is 4.77. The van der Waals surface area contributed by atoms with Gasteiger partial charge in [0.25, 0.3) is 0 Å². The molecule has 2 fully saturated rings. The molecule has 3 nitrogen and oxygen atoms in total. The molecule has 3 heteroatoms. The Kier molecular flexibility index (Phi) is 1.83. The van der Waals surface area contributed by atoms with Crippen LogP contribution in [0.25, 0.3) is 0 Å². The van der Waals surface area contributed by atoms with Crippen molar-refractivity contribution < 1.29 is 4.79 Å². The topological polar surface area (TPSA) is 46.3 Å². The predicted molar refractivity (Wildman–Crippen MR) is 46.5 cm³/mol. The zero-order chi connectivity index (χ0) is 8.72. The first-order valence-corrected chi connectivity index (χ1v) is 4.77. The molecule has 2 saturated heterocycles. The lowest BCUT2D eigenvalue weighted by atomic mass is 10.0. The third kappa shape index (κ3) is 1.04. The summed E-state index contributed by atoms with van der Waals surface area (Å²) in [4.78, 5) is 13.3. The van der Waals surface area contributed by atoms with Crippen LogP contribution < -0.4 is 5.73 Å². The number of rotatable bonds is 2. The monoisotopic (exact) mass is 168 g/mol. The summed E-state index contributed by atoms with van der Waals surface area (Å²) in [5.74, 6) is -0.172. The fraction of sp³-hybridized carbons (Fsp3) is 0.889. The summed E-state index contributed by atoms with van der Waals surface area (Å²) in [5, 5.41) is 0. The molecular formula is C9H16N2O. The van der Waals surface area contributed by atoms with E-state index >= 15 is 0 Å². The Morgan fingerprint density at radius 1 is 1.33 bits per heavy atom. The highest BCUT2D eigenvalue weighted by atomic mass is 16.1. The van der Waals surface area contributed by atoms with Crippen molar-refractivity contribution in [1.29, 1.82) is 0 Å². The zero-order valence-corrected chi connectivity index (χ0v) is 7.49. The Morgan fingerprint density at radius 3 is 2.08 bits per heavy atom. The number of amides is 1. The summed E-state index contributed by atoms with van der Waals surface area (Å²) in [5.41, 5.74) is 5.29. The lowest BCUT2D eigenvalue weighted by molar-refractivity contribution is -0.123. The van der Waals surface area contributed by atoms with Gasteiger partial charge >= 0.3 is 0 Å². The average molecular weight is 168 g/mol. The molecule has 2 bridgehead atoms. The van der Waals surface area contributed by atoms with Gasteiger partial charge in [-0.05, 0) is 32.6 Å². The van der Waals surface area contributed by atoms with Gasteiger partial charge in [0.2, 0.25) is 5.91 Å². The van der Waals surface area contributed by atoms with Gasteiger partial charge in [0.05, 0.1) is 6.04 Å². The van der Waals surface area contributed by atoms with Crippen molar-refractivity contribution in [3.63, 3.8) is 0 Å². The molecule has 12 heavy (non-hydrogen) atoms. The highest BCUT2D eigenvalue weighted by molar-refractivity contribution is 5.79. The number of carbonyl (C=O) groups excluding carboxylic acids is 1. The van der Waals surface area contributed by atoms with Crippen LogP contribution in [-0.2, 0) is 4.79 Å². The van der Waals surface area contributed by atoms with Gasteiger partial charge < -0.3 is 5.73 Å². The molecule has 2 heterocycles. The Labute approximate surface area is 72.9 Å². The Hall–Kier alpha value is -0.570. The second-order valence-corrected chi connectivity index (χ2v) is 3.99.